The van der Waals surface area contributed by atoms with E-state index in [0.29, 0.717) is 6.42 Å². The van der Waals surface area contributed by atoms with Gasteiger partial charge in [0.1, 0.15) is 6.29 Å². The van der Waals surface area contributed by atoms with Crippen molar-refractivity contribution in [2.24, 2.45) is 0 Å². The van der Waals surface area contributed by atoms with E-state index in [2.05, 4.69) is 42.5 Å². The standard InChI is InChI=1S/C17H16O/c18-11-5-10-17-15-8-3-1-6-13(15)12-14-7-2-4-9-16(14)17/h1,3-4,6,8-9,11-12H,2,5,7,10H2. The lowest BCUT2D eigenvalue weighted by Crippen LogP contribution is -2.01. The summed E-state index contributed by atoms with van der Waals surface area (Å²) in [6, 6.07) is 10.8. The fraction of sp³-hybridized carbons (Fsp3) is 0.235. The number of fused-ring (bicyclic) bond motifs is 2. The van der Waals surface area contributed by atoms with Crippen molar-refractivity contribution in [3.8, 4) is 0 Å². The van der Waals surface area contributed by atoms with Crippen LogP contribution in [0.4, 0.5) is 0 Å². The average Bonchev–Trinajstić information content (AvgIpc) is 2.43. The smallest absolute Gasteiger partial charge is 0.120 e. The van der Waals surface area contributed by atoms with Crippen molar-refractivity contribution in [1.29, 1.82) is 0 Å². The Morgan fingerprint density at radius 3 is 3.00 bits per heavy atom. The van der Waals surface area contributed by atoms with E-state index >= 15 is 0 Å². The molecule has 0 bridgehead atoms. The van der Waals surface area contributed by atoms with E-state index in [1.54, 1.807) is 0 Å². The van der Waals surface area contributed by atoms with Crippen molar-refractivity contribution in [3.05, 3.63) is 53.1 Å². The van der Waals surface area contributed by atoms with E-state index in [4.69, 9.17) is 0 Å². The summed E-state index contributed by atoms with van der Waals surface area (Å²) in [6.07, 6.45) is 9.17. The normalized spacial score (nSPS) is 13.6. The first-order valence-electron chi connectivity index (χ1n) is 6.54. The lowest BCUT2D eigenvalue weighted by atomic mass is 9.87. The highest BCUT2D eigenvalue weighted by Gasteiger charge is 2.12. The fourth-order valence-corrected chi connectivity index (χ4v) is 2.83. The van der Waals surface area contributed by atoms with E-state index in [0.717, 1.165) is 25.5 Å². The molecule has 1 heteroatoms. The fourth-order valence-electron chi connectivity index (χ4n) is 2.83. The van der Waals surface area contributed by atoms with Crippen molar-refractivity contribution in [2.45, 2.75) is 25.7 Å². The molecule has 0 aromatic heterocycles. The van der Waals surface area contributed by atoms with E-state index in [1.807, 2.05) is 0 Å². The number of rotatable bonds is 3. The number of aldehydes is 1. The van der Waals surface area contributed by atoms with Crippen LogP contribution in [0.2, 0.25) is 0 Å². The van der Waals surface area contributed by atoms with Gasteiger partial charge in [0.15, 0.2) is 0 Å². The van der Waals surface area contributed by atoms with Gasteiger partial charge < -0.3 is 4.79 Å². The summed E-state index contributed by atoms with van der Waals surface area (Å²) in [7, 11) is 0. The Morgan fingerprint density at radius 2 is 2.11 bits per heavy atom. The molecule has 1 aliphatic carbocycles. The van der Waals surface area contributed by atoms with Gasteiger partial charge >= 0.3 is 0 Å². The Morgan fingerprint density at radius 1 is 1.22 bits per heavy atom. The lowest BCUT2D eigenvalue weighted by Gasteiger charge is -2.17. The van der Waals surface area contributed by atoms with Crippen molar-refractivity contribution < 1.29 is 4.79 Å². The third-order valence-corrected chi connectivity index (χ3v) is 3.66. The van der Waals surface area contributed by atoms with Crippen LogP contribution in [0.5, 0.6) is 0 Å². The quantitative estimate of drug-likeness (QED) is 0.738. The van der Waals surface area contributed by atoms with Crippen LogP contribution in [0.25, 0.3) is 16.8 Å². The molecule has 0 heterocycles. The Bertz CT molecular complexity index is 623. The van der Waals surface area contributed by atoms with Gasteiger partial charge in [-0.3, -0.25) is 0 Å². The molecule has 0 amide bonds. The molecule has 0 unspecified atom stereocenters. The van der Waals surface area contributed by atoms with Gasteiger partial charge in [-0.25, -0.2) is 0 Å². The van der Waals surface area contributed by atoms with Crippen molar-refractivity contribution in [1.82, 2.24) is 0 Å². The number of hydrogen-bond donors (Lipinski definition) is 0. The van der Waals surface area contributed by atoms with Gasteiger partial charge in [0.2, 0.25) is 0 Å². The maximum absolute atomic E-state index is 10.7. The number of carbonyl (C=O) groups is 1. The summed E-state index contributed by atoms with van der Waals surface area (Å²) >= 11 is 0. The van der Waals surface area contributed by atoms with Gasteiger partial charge in [-0.2, -0.15) is 0 Å². The molecule has 1 aliphatic rings. The topological polar surface area (TPSA) is 17.1 Å². The molecule has 0 N–H and O–H groups in total. The highest BCUT2D eigenvalue weighted by atomic mass is 16.1. The third kappa shape index (κ3) is 1.86. The Labute approximate surface area is 107 Å². The largest absolute Gasteiger partial charge is 0.303 e. The number of hydrogen-bond acceptors (Lipinski definition) is 1. The van der Waals surface area contributed by atoms with Gasteiger partial charge in [0.25, 0.3) is 0 Å². The molecule has 1 nitrogen and oxygen atoms in total. The molecule has 0 saturated carbocycles. The van der Waals surface area contributed by atoms with Crippen LogP contribution in [0.15, 0.2) is 36.4 Å². The monoisotopic (exact) mass is 236 g/mol. The second kappa shape index (κ2) is 4.77. The number of benzene rings is 2. The zero-order valence-electron chi connectivity index (χ0n) is 10.4. The second-order valence-corrected chi connectivity index (χ2v) is 4.80. The Hall–Kier alpha value is -1.89. The van der Waals surface area contributed by atoms with Gasteiger partial charge in [0.05, 0.1) is 0 Å². The molecule has 0 saturated heterocycles. The van der Waals surface area contributed by atoms with Crippen LogP contribution in [0.1, 0.15) is 29.5 Å². The minimum absolute atomic E-state index is 0.605. The highest BCUT2D eigenvalue weighted by Crippen LogP contribution is 2.31. The van der Waals surface area contributed by atoms with Crippen LogP contribution in [0, 0.1) is 0 Å². The molecule has 2 aromatic carbocycles. The summed E-state index contributed by atoms with van der Waals surface area (Å²) in [4.78, 5) is 10.7. The zero-order valence-corrected chi connectivity index (χ0v) is 10.4. The van der Waals surface area contributed by atoms with Crippen LogP contribution < -0.4 is 0 Å². The summed E-state index contributed by atoms with van der Waals surface area (Å²) < 4.78 is 0. The van der Waals surface area contributed by atoms with Crippen LogP contribution >= 0.6 is 0 Å². The van der Waals surface area contributed by atoms with Gasteiger partial charge in [0, 0.05) is 6.42 Å². The number of carbonyl (C=O) groups excluding carboxylic acids is 1. The van der Waals surface area contributed by atoms with E-state index in [9.17, 15) is 4.79 Å². The summed E-state index contributed by atoms with van der Waals surface area (Å²) in [5.74, 6) is 0. The third-order valence-electron chi connectivity index (χ3n) is 3.66. The van der Waals surface area contributed by atoms with Crippen LogP contribution in [-0.2, 0) is 17.6 Å². The highest BCUT2D eigenvalue weighted by molar-refractivity contribution is 5.90. The summed E-state index contributed by atoms with van der Waals surface area (Å²) in [5, 5.41) is 2.59. The zero-order chi connectivity index (χ0) is 12.4. The van der Waals surface area contributed by atoms with Crippen LogP contribution in [-0.4, -0.2) is 6.29 Å². The van der Waals surface area contributed by atoms with Gasteiger partial charge in [-0.1, -0.05) is 42.5 Å². The molecule has 90 valence electrons. The predicted molar refractivity (Wildman–Crippen MR) is 75.7 cm³/mol. The first-order chi connectivity index (χ1) is 8.90. The van der Waals surface area contributed by atoms with Gasteiger partial charge in [-0.05, 0) is 46.7 Å². The maximum Gasteiger partial charge on any atom is 0.120 e. The molecule has 0 aliphatic heterocycles. The molecule has 3 rings (SSSR count). The number of aryl methyl sites for hydroxylation is 2. The first-order valence-corrected chi connectivity index (χ1v) is 6.54. The van der Waals surface area contributed by atoms with Crippen LogP contribution in [0.3, 0.4) is 0 Å². The maximum atomic E-state index is 10.7. The van der Waals surface area contributed by atoms with Gasteiger partial charge in [-0.15, -0.1) is 0 Å². The van der Waals surface area contributed by atoms with Crippen molar-refractivity contribution in [2.75, 3.05) is 0 Å². The van der Waals surface area contributed by atoms with Crippen molar-refractivity contribution in [3.63, 3.8) is 0 Å². The lowest BCUT2D eigenvalue weighted by molar-refractivity contribution is -0.107. The Balaban J connectivity index is 2.26. The minimum atomic E-state index is 0.605. The van der Waals surface area contributed by atoms with Crippen molar-refractivity contribution >= 4 is 23.1 Å². The molecule has 0 spiro atoms. The van der Waals surface area contributed by atoms with E-state index in [-0.39, 0.29) is 0 Å². The Kier molecular flexibility index (Phi) is 2.97. The molecular weight excluding hydrogens is 220 g/mol. The summed E-state index contributed by atoms with van der Waals surface area (Å²) in [6.45, 7) is 0. The van der Waals surface area contributed by atoms with E-state index < -0.39 is 0 Å². The molecule has 18 heavy (non-hydrogen) atoms. The number of allylic oxidation sites excluding steroid dienone is 1. The molecule has 0 fully saturated rings. The molecular formula is C17H16O. The summed E-state index contributed by atoms with van der Waals surface area (Å²) in [5.41, 5.74) is 4.12. The second-order valence-electron chi connectivity index (χ2n) is 4.80. The molecule has 2 aromatic rings. The minimum Gasteiger partial charge on any atom is -0.303 e. The average molecular weight is 236 g/mol. The molecule has 0 radical (unpaired) electrons. The van der Waals surface area contributed by atoms with E-state index in [1.165, 1.54) is 27.5 Å². The molecule has 0 atom stereocenters. The predicted octanol–water partition coefficient (Wildman–Crippen LogP) is 3.93. The SMILES string of the molecule is O=CCCc1c2c(cc3ccccc13)CCC=C2. The first kappa shape index (κ1) is 11.2.